The van der Waals surface area contributed by atoms with E-state index >= 15 is 0 Å². The van der Waals surface area contributed by atoms with E-state index in [2.05, 4.69) is 21.7 Å². The average molecular weight is 376 g/mol. The van der Waals surface area contributed by atoms with E-state index in [9.17, 15) is 9.18 Å². The van der Waals surface area contributed by atoms with Crippen LogP contribution in [0.1, 0.15) is 6.92 Å². The van der Waals surface area contributed by atoms with Gasteiger partial charge in [0.1, 0.15) is 23.0 Å². The maximum absolute atomic E-state index is 12.9. The fraction of sp³-hybridized carbons (Fsp3) is 0.0588. The van der Waals surface area contributed by atoms with Gasteiger partial charge in [-0.2, -0.15) is 4.98 Å². The molecule has 0 radical (unpaired) electrons. The Bertz CT molecular complexity index is 972. The quantitative estimate of drug-likeness (QED) is 0.487. The Morgan fingerprint density at radius 1 is 1.27 bits per heavy atom. The molecular formula is C17H11ClFN3O4. The van der Waals surface area contributed by atoms with Gasteiger partial charge in [0.2, 0.25) is 5.82 Å². The third-order valence-corrected chi connectivity index (χ3v) is 3.30. The predicted octanol–water partition coefficient (Wildman–Crippen LogP) is 4.20. The van der Waals surface area contributed by atoms with Crippen molar-refractivity contribution in [3.63, 3.8) is 0 Å². The molecule has 0 unspecified atom stereocenters. The van der Waals surface area contributed by atoms with Crippen LogP contribution in [0.5, 0.6) is 17.6 Å². The lowest BCUT2D eigenvalue weighted by Crippen LogP contribution is -2.08. The van der Waals surface area contributed by atoms with Crippen LogP contribution in [0.15, 0.2) is 53.2 Å². The van der Waals surface area contributed by atoms with Gasteiger partial charge in [0, 0.05) is 11.6 Å². The number of benzene rings is 1. The van der Waals surface area contributed by atoms with Gasteiger partial charge in [0.15, 0.2) is 0 Å². The molecule has 0 aliphatic heterocycles. The van der Waals surface area contributed by atoms with Crippen molar-refractivity contribution in [1.29, 1.82) is 0 Å². The van der Waals surface area contributed by atoms with Crippen molar-refractivity contribution < 1.29 is 23.2 Å². The summed E-state index contributed by atoms with van der Waals surface area (Å²) in [4.78, 5) is 19.4. The van der Waals surface area contributed by atoms with Crippen molar-refractivity contribution in [3.8, 4) is 29.1 Å². The number of nitrogens with zero attached hydrogens (tertiary/aromatic N) is 3. The molecule has 0 aliphatic rings. The van der Waals surface area contributed by atoms with E-state index in [0.29, 0.717) is 11.5 Å². The molecule has 0 saturated carbocycles. The Balaban J connectivity index is 1.77. The van der Waals surface area contributed by atoms with Crippen molar-refractivity contribution >= 4 is 17.6 Å². The largest absolute Gasteiger partial charge is 0.456 e. The Labute approximate surface area is 152 Å². The maximum atomic E-state index is 12.9. The number of ether oxygens (including phenoxy) is 2. The van der Waals surface area contributed by atoms with E-state index in [0.717, 1.165) is 0 Å². The lowest BCUT2D eigenvalue weighted by molar-refractivity contribution is -0.131. The van der Waals surface area contributed by atoms with Gasteiger partial charge in [-0.1, -0.05) is 23.3 Å². The second kappa shape index (κ2) is 7.32. The number of pyridine rings is 1. The lowest BCUT2D eigenvalue weighted by Gasteiger charge is -2.06. The summed E-state index contributed by atoms with van der Waals surface area (Å²) in [6, 6.07) is 6.97. The Morgan fingerprint density at radius 3 is 2.65 bits per heavy atom. The monoisotopic (exact) mass is 375 g/mol. The lowest BCUT2D eigenvalue weighted by atomic mass is 10.3. The van der Waals surface area contributed by atoms with Crippen molar-refractivity contribution in [2.75, 3.05) is 0 Å². The molecule has 0 atom stereocenters. The van der Waals surface area contributed by atoms with Crippen molar-refractivity contribution in [2.45, 2.75) is 6.92 Å². The van der Waals surface area contributed by atoms with E-state index in [1.807, 2.05) is 0 Å². The predicted molar refractivity (Wildman–Crippen MR) is 89.5 cm³/mol. The zero-order valence-corrected chi connectivity index (χ0v) is 14.2. The SMILES string of the molecule is C=C(C)C(=O)Oc1nc(-c2ncc(Oc3ccc(F)cc3)cc2Cl)no1. The summed E-state index contributed by atoms with van der Waals surface area (Å²) in [6.07, 6.45) is 1.04. The fourth-order valence-electron chi connectivity index (χ4n) is 1.79. The molecule has 0 aliphatic carbocycles. The molecule has 3 rings (SSSR count). The van der Waals surface area contributed by atoms with Gasteiger partial charge < -0.3 is 9.47 Å². The minimum Gasteiger partial charge on any atom is -0.456 e. The molecule has 0 spiro atoms. The second-order valence-corrected chi connectivity index (χ2v) is 5.52. The van der Waals surface area contributed by atoms with Crippen LogP contribution in [0.4, 0.5) is 4.39 Å². The first-order valence-corrected chi connectivity index (χ1v) is 7.61. The Kier molecular flexibility index (Phi) is 4.94. The molecule has 26 heavy (non-hydrogen) atoms. The van der Waals surface area contributed by atoms with Crippen LogP contribution in [0.25, 0.3) is 11.5 Å². The van der Waals surface area contributed by atoms with E-state index < -0.39 is 5.97 Å². The second-order valence-electron chi connectivity index (χ2n) is 5.11. The van der Waals surface area contributed by atoms with Crippen LogP contribution in [0, 0.1) is 5.82 Å². The van der Waals surface area contributed by atoms with Gasteiger partial charge in [0.25, 0.3) is 0 Å². The van der Waals surface area contributed by atoms with Crippen LogP contribution in [0.2, 0.25) is 5.02 Å². The number of aromatic nitrogens is 3. The molecule has 0 fully saturated rings. The molecule has 0 saturated heterocycles. The Morgan fingerprint density at radius 2 is 2.00 bits per heavy atom. The Hall–Kier alpha value is -3.26. The number of rotatable bonds is 5. The molecule has 7 nitrogen and oxygen atoms in total. The van der Waals surface area contributed by atoms with Crippen molar-refractivity contribution in [3.05, 3.63) is 59.5 Å². The van der Waals surface area contributed by atoms with Gasteiger partial charge in [-0.25, -0.2) is 14.2 Å². The molecule has 0 N–H and O–H groups in total. The topological polar surface area (TPSA) is 87.3 Å². The highest BCUT2D eigenvalue weighted by Gasteiger charge is 2.17. The number of esters is 1. The number of halogens is 2. The molecule has 0 bridgehead atoms. The highest BCUT2D eigenvalue weighted by atomic mass is 35.5. The first kappa shape index (κ1) is 17.6. The first-order valence-electron chi connectivity index (χ1n) is 7.23. The summed E-state index contributed by atoms with van der Waals surface area (Å²) >= 11 is 6.17. The number of carbonyl (C=O) groups is 1. The normalized spacial score (nSPS) is 10.4. The highest BCUT2D eigenvalue weighted by molar-refractivity contribution is 6.33. The zero-order chi connectivity index (χ0) is 18.7. The number of carbonyl (C=O) groups excluding carboxylic acids is 1. The smallest absolute Gasteiger partial charge is 0.425 e. The van der Waals surface area contributed by atoms with E-state index in [-0.39, 0.29) is 34.0 Å². The van der Waals surface area contributed by atoms with E-state index in [1.165, 1.54) is 43.5 Å². The standard InChI is InChI=1S/C17H11ClFN3O4/c1-9(2)16(23)25-17-21-15(22-26-17)14-13(18)7-12(8-20-14)24-11-5-3-10(19)4-6-11/h3-8H,1H2,2H3. The van der Waals surface area contributed by atoms with E-state index in [4.69, 9.17) is 25.6 Å². The highest BCUT2D eigenvalue weighted by Crippen LogP contribution is 2.30. The molecular weight excluding hydrogens is 365 g/mol. The van der Waals surface area contributed by atoms with Crippen molar-refractivity contribution in [1.82, 2.24) is 15.1 Å². The van der Waals surface area contributed by atoms with Crippen LogP contribution in [-0.4, -0.2) is 21.1 Å². The molecule has 2 heterocycles. The fourth-order valence-corrected chi connectivity index (χ4v) is 2.03. The molecule has 0 amide bonds. The summed E-state index contributed by atoms with van der Waals surface area (Å²) in [6.45, 7) is 4.93. The van der Waals surface area contributed by atoms with Crippen LogP contribution in [-0.2, 0) is 4.79 Å². The number of hydrogen-bond donors (Lipinski definition) is 0. The molecule has 9 heteroatoms. The van der Waals surface area contributed by atoms with Gasteiger partial charge in [-0.05, 0) is 31.2 Å². The van der Waals surface area contributed by atoms with Crippen LogP contribution >= 0.6 is 11.6 Å². The van der Waals surface area contributed by atoms with Crippen LogP contribution < -0.4 is 9.47 Å². The first-order chi connectivity index (χ1) is 12.4. The summed E-state index contributed by atoms with van der Waals surface area (Å²) in [5.41, 5.74) is 0.391. The third-order valence-electron chi connectivity index (χ3n) is 3.01. The molecule has 132 valence electrons. The van der Waals surface area contributed by atoms with Crippen LogP contribution in [0.3, 0.4) is 0 Å². The maximum Gasteiger partial charge on any atom is 0.425 e. The number of hydrogen-bond acceptors (Lipinski definition) is 7. The summed E-state index contributed by atoms with van der Waals surface area (Å²) in [5.74, 6) is -0.271. The summed E-state index contributed by atoms with van der Waals surface area (Å²) in [5, 5.41) is 3.84. The summed E-state index contributed by atoms with van der Waals surface area (Å²) < 4.78 is 28.1. The molecule has 3 aromatic rings. The minimum absolute atomic E-state index is 0.0350. The van der Waals surface area contributed by atoms with E-state index in [1.54, 1.807) is 0 Å². The van der Waals surface area contributed by atoms with Gasteiger partial charge in [-0.15, -0.1) is 0 Å². The molecule has 2 aromatic heterocycles. The minimum atomic E-state index is -0.692. The molecule has 1 aromatic carbocycles. The van der Waals surface area contributed by atoms with Gasteiger partial charge >= 0.3 is 12.0 Å². The summed E-state index contributed by atoms with van der Waals surface area (Å²) in [7, 11) is 0. The average Bonchev–Trinajstić information content (AvgIpc) is 3.05. The van der Waals surface area contributed by atoms with Gasteiger partial charge in [-0.3, -0.25) is 4.52 Å². The van der Waals surface area contributed by atoms with Gasteiger partial charge in [0.05, 0.1) is 11.2 Å². The third kappa shape index (κ3) is 4.04. The zero-order valence-electron chi connectivity index (χ0n) is 13.4. The van der Waals surface area contributed by atoms with Crippen molar-refractivity contribution in [2.24, 2.45) is 0 Å².